The Kier molecular flexibility index (Phi) is 5.40. The normalized spacial score (nSPS) is 11.2. The Labute approximate surface area is 187 Å². The number of para-hydroxylation sites is 1. The van der Waals surface area contributed by atoms with Crippen LogP contribution in [0, 0.1) is 5.82 Å². The van der Waals surface area contributed by atoms with Crippen molar-refractivity contribution in [1.29, 1.82) is 0 Å². The molecule has 0 aliphatic rings. The Morgan fingerprint density at radius 2 is 1.82 bits per heavy atom. The fourth-order valence-corrected chi connectivity index (χ4v) is 3.75. The first kappa shape index (κ1) is 20.6. The molecule has 0 aliphatic carbocycles. The van der Waals surface area contributed by atoms with E-state index in [1.54, 1.807) is 48.5 Å². The van der Waals surface area contributed by atoms with Crippen molar-refractivity contribution in [3.8, 4) is 11.4 Å². The molecule has 5 aromatic rings. The van der Waals surface area contributed by atoms with Crippen molar-refractivity contribution in [3.63, 3.8) is 0 Å². The lowest BCUT2D eigenvalue weighted by Crippen LogP contribution is -2.14. The van der Waals surface area contributed by atoms with Crippen LogP contribution in [0.15, 0.2) is 71.5 Å². The lowest BCUT2D eigenvalue weighted by molar-refractivity contribution is -0.116. The van der Waals surface area contributed by atoms with Gasteiger partial charge in [0.15, 0.2) is 0 Å². The molecule has 8 heteroatoms. The highest BCUT2D eigenvalue weighted by Crippen LogP contribution is 2.23. The molecule has 164 valence electrons. The number of amides is 1. The van der Waals surface area contributed by atoms with Gasteiger partial charge in [0, 0.05) is 24.1 Å². The molecule has 2 aromatic heterocycles. The summed E-state index contributed by atoms with van der Waals surface area (Å²) in [6, 6.07) is 18.7. The first-order valence-electron chi connectivity index (χ1n) is 10.6. The Morgan fingerprint density at radius 1 is 0.939 bits per heavy atom. The number of aromatic amines is 2. The maximum Gasteiger partial charge on any atom is 0.258 e. The van der Waals surface area contributed by atoms with Gasteiger partial charge >= 0.3 is 0 Å². The number of rotatable bonds is 6. The highest BCUT2D eigenvalue weighted by molar-refractivity contribution is 5.93. The minimum Gasteiger partial charge on any atom is -0.338 e. The van der Waals surface area contributed by atoms with Gasteiger partial charge < -0.3 is 15.3 Å². The Balaban J connectivity index is 1.22. The van der Waals surface area contributed by atoms with Crippen LogP contribution in [0.4, 0.5) is 10.1 Å². The van der Waals surface area contributed by atoms with Crippen molar-refractivity contribution in [2.75, 3.05) is 5.32 Å². The standard InChI is InChI=1S/C25H20FN5O2/c26-16-6-3-5-15(13-16)24-29-20-12-11-17(14-21(20)30-24)27-23(32)10-4-9-22-28-19-8-2-1-7-18(19)25(33)31-22/h1-3,5-8,11-14H,4,9-10H2,(H,27,32)(H,29,30)(H,28,31,33). The first-order chi connectivity index (χ1) is 16.0. The van der Waals surface area contributed by atoms with Gasteiger partial charge in [-0.15, -0.1) is 0 Å². The number of aromatic nitrogens is 4. The number of anilines is 1. The molecule has 33 heavy (non-hydrogen) atoms. The largest absolute Gasteiger partial charge is 0.338 e. The summed E-state index contributed by atoms with van der Waals surface area (Å²) in [6.07, 6.45) is 1.32. The maximum atomic E-state index is 13.5. The van der Waals surface area contributed by atoms with Crippen LogP contribution < -0.4 is 10.9 Å². The summed E-state index contributed by atoms with van der Waals surface area (Å²) in [4.78, 5) is 39.5. The third-order valence-electron chi connectivity index (χ3n) is 5.34. The second-order valence-corrected chi connectivity index (χ2v) is 7.76. The van der Waals surface area contributed by atoms with E-state index in [9.17, 15) is 14.0 Å². The summed E-state index contributed by atoms with van der Waals surface area (Å²) >= 11 is 0. The van der Waals surface area contributed by atoms with E-state index in [4.69, 9.17) is 0 Å². The summed E-state index contributed by atoms with van der Waals surface area (Å²) in [5.74, 6) is 0.659. The van der Waals surface area contributed by atoms with Gasteiger partial charge in [-0.3, -0.25) is 9.59 Å². The average Bonchev–Trinajstić information content (AvgIpc) is 3.23. The molecule has 2 heterocycles. The van der Waals surface area contributed by atoms with Crippen LogP contribution in [0.5, 0.6) is 0 Å². The maximum absolute atomic E-state index is 13.5. The topological polar surface area (TPSA) is 104 Å². The van der Waals surface area contributed by atoms with Crippen molar-refractivity contribution in [1.82, 2.24) is 19.9 Å². The van der Waals surface area contributed by atoms with E-state index in [1.807, 2.05) is 6.07 Å². The molecular weight excluding hydrogens is 421 g/mol. The minimum atomic E-state index is -0.330. The van der Waals surface area contributed by atoms with E-state index in [1.165, 1.54) is 12.1 Å². The Hall–Kier alpha value is -4.33. The lowest BCUT2D eigenvalue weighted by Gasteiger charge is -2.06. The van der Waals surface area contributed by atoms with Gasteiger partial charge in [0.05, 0.1) is 21.9 Å². The second kappa shape index (κ2) is 8.66. The molecule has 0 saturated carbocycles. The van der Waals surface area contributed by atoms with Gasteiger partial charge in [-0.1, -0.05) is 24.3 Å². The van der Waals surface area contributed by atoms with Crippen molar-refractivity contribution >= 4 is 33.5 Å². The number of halogens is 1. The fraction of sp³-hybridized carbons (Fsp3) is 0.120. The summed E-state index contributed by atoms with van der Waals surface area (Å²) in [6.45, 7) is 0. The molecule has 5 rings (SSSR count). The number of imidazole rings is 1. The molecule has 3 aromatic carbocycles. The zero-order chi connectivity index (χ0) is 22.8. The van der Waals surface area contributed by atoms with Crippen LogP contribution in [-0.2, 0) is 11.2 Å². The van der Waals surface area contributed by atoms with Crippen molar-refractivity contribution in [2.24, 2.45) is 0 Å². The number of hydrogen-bond acceptors (Lipinski definition) is 4. The predicted octanol–water partition coefficient (Wildman–Crippen LogP) is 4.57. The Bertz CT molecular complexity index is 1540. The number of carbonyl (C=O) groups is 1. The highest BCUT2D eigenvalue weighted by Gasteiger charge is 2.09. The molecule has 0 aliphatic heterocycles. The van der Waals surface area contributed by atoms with E-state index >= 15 is 0 Å². The van der Waals surface area contributed by atoms with Crippen LogP contribution in [0.2, 0.25) is 0 Å². The monoisotopic (exact) mass is 441 g/mol. The third-order valence-corrected chi connectivity index (χ3v) is 5.34. The molecule has 0 unspecified atom stereocenters. The molecule has 1 amide bonds. The van der Waals surface area contributed by atoms with Gasteiger partial charge in [0.1, 0.15) is 17.5 Å². The summed E-state index contributed by atoms with van der Waals surface area (Å²) < 4.78 is 13.5. The smallest absolute Gasteiger partial charge is 0.258 e. The summed E-state index contributed by atoms with van der Waals surface area (Å²) in [5.41, 5.74) is 3.22. The fourth-order valence-electron chi connectivity index (χ4n) is 3.75. The number of carbonyl (C=O) groups excluding carboxylic acids is 1. The average molecular weight is 441 g/mol. The highest BCUT2D eigenvalue weighted by atomic mass is 19.1. The van der Waals surface area contributed by atoms with E-state index in [0.717, 1.165) is 11.0 Å². The molecule has 7 nitrogen and oxygen atoms in total. The van der Waals surface area contributed by atoms with Gasteiger partial charge in [0.25, 0.3) is 5.56 Å². The summed E-state index contributed by atoms with van der Waals surface area (Å²) in [5, 5.41) is 3.43. The van der Waals surface area contributed by atoms with E-state index in [2.05, 4.69) is 25.3 Å². The number of nitrogens with zero attached hydrogens (tertiary/aromatic N) is 2. The van der Waals surface area contributed by atoms with Crippen molar-refractivity contribution in [2.45, 2.75) is 19.3 Å². The molecule has 0 fully saturated rings. The molecule has 0 atom stereocenters. The number of hydrogen-bond donors (Lipinski definition) is 3. The Morgan fingerprint density at radius 3 is 2.70 bits per heavy atom. The zero-order valence-corrected chi connectivity index (χ0v) is 17.6. The van der Waals surface area contributed by atoms with Crippen LogP contribution >= 0.6 is 0 Å². The predicted molar refractivity (Wildman–Crippen MR) is 125 cm³/mol. The number of aryl methyl sites for hydroxylation is 1. The lowest BCUT2D eigenvalue weighted by atomic mass is 10.2. The second-order valence-electron chi connectivity index (χ2n) is 7.76. The van der Waals surface area contributed by atoms with Crippen molar-refractivity contribution in [3.05, 3.63) is 88.7 Å². The van der Waals surface area contributed by atoms with Gasteiger partial charge in [0.2, 0.25) is 5.91 Å². The molecule has 0 saturated heterocycles. The van der Waals surface area contributed by atoms with Crippen LogP contribution in [-0.4, -0.2) is 25.8 Å². The van der Waals surface area contributed by atoms with E-state index in [-0.39, 0.29) is 23.7 Å². The number of nitrogens with one attached hydrogen (secondary N) is 3. The van der Waals surface area contributed by atoms with Gasteiger partial charge in [-0.05, 0) is 48.9 Å². The zero-order valence-electron chi connectivity index (χ0n) is 17.6. The van der Waals surface area contributed by atoms with Gasteiger partial charge in [-0.2, -0.15) is 0 Å². The minimum absolute atomic E-state index is 0.137. The number of benzene rings is 3. The van der Waals surface area contributed by atoms with E-state index in [0.29, 0.717) is 46.6 Å². The molecule has 0 radical (unpaired) electrons. The van der Waals surface area contributed by atoms with Crippen LogP contribution in [0.3, 0.4) is 0 Å². The SMILES string of the molecule is O=C(CCCc1nc2ccccc2c(=O)[nH]1)Nc1ccc2nc(-c3cccc(F)c3)[nH]c2c1. The third kappa shape index (κ3) is 4.50. The van der Waals surface area contributed by atoms with Crippen LogP contribution in [0.1, 0.15) is 18.7 Å². The van der Waals surface area contributed by atoms with Gasteiger partial charge in [-0.25, -0.2) is 14.4 Å². The number of H-pyrrole nitrogens is 2. The molecule has 0 bridgehead atoms. The van der Waals surface area contributed by atoms with Crippen LogP contribution in [0.25, 0.3) is 33.3 Å². The molecule has 3 N–H and O–H groups in total. The summed E-state index contributed by atoms with van der Waals surface area (Å²) in [7, 11) is 0. The quantitative estimate of drug-likeness (QED) is 0.359. The molecular formula is C25H20FN5O2. The number of fused-ring (bicyclic) bond motifs is 2. The molecule has 0 spiro atoms. The van der Waals surface area contributed by atoms with E-state index < -0.39 is 0 Å². The van der Waals surface area contributed by atoms with Crippen molar-refractivity contribution < 1.29 is 9.18 Å². The first-order valence-corrected chi connectivity index (χ1v) is 10.6.